The van der Waals surface area contributed by atoms with E-state index in [9.17, 15) is 8.78 Å². The predicted octanol–water partition coefficient (Wildman–Crippen LogP) is 1.72. The highest BCUT2D eigenvalue weighted by Crippen LogP contribution is 2.20. The van der Waals surface area contributed by atoms with Gasteiger partial charge in [0.25, 0.3) is 0 Å². The SMILES string of the molecule is CN(C)Nc1c(F)cc(C#N)cc1F. The molecule has 1 N–H and O–H groups in total. The number of halogens is 2. The number of anilines is 1. The summed E-state index contributed by atoms with van der Waals surface area (Å²) in [6, 6.07) is 3.63. The van der Waals surface area contributed by atoms with E-state index in [2.05, 4.69) is 5.43 Å². The van der Waals surface area contributed by atoms with E-state index in [0.717, 1.165) is 12.1 Å². The Hall–Kier alpha value is -1.67. The minimum atomic E-state index is -0.782. The van der Waals surface area contributed by atoms with E-state index in [4.69, 9.17) is 5.26 Å². The summed E-state index contributed by atoms with van der Waals surface area (Å²) in [7, 11) is 3.22. The van der Waals surface area contributed by atoms with E-state index in [1.807, 2.05) is 0 Å². The maximum absolute atomic E-state index is 13.2. The van der Waals surface area contributed by atoms with Crippen molar-refractivity contribution in [2.24, 2.45) is 0 Å². The standard InChI is InChI=1S/C9H9F2N3/c1-14(2)13-9-7(10)3-6(5-12)4-8(9)11/h3-4,13H,1-2H3. The quantitative estimate of drug-likeness (QED) is 0.734. The second kappa shape index (κ2) is 4.03. The largest absolute Gasteiger partial charge is 0.314 e. The fourth-order valence-corrected chi connectivity index (χ4v) is 0.968. The first-order valence-corrected chi connectivity index (χ1v) is 3.87. The monoisotopic (exact) mass is 197 g/mol. The zero-order valence-corrected chi connectivity index (χ0v) is 7.81. The van der Waals surface area contributed by atoms with Crippen molar-refractivity contribution in [1.29, 1.82) is 5.26 Å². The summed E-state index contributed by atoms with van der Waals surface area (Å²) in [5, 5.41) is 9.86. The zero-order chi connectivity index (χ0) is 10.7. The second-order valence-corrected chi connectivity index (χ2v) is 2.93. The summed E-state index contributed by atoms with van der Waals surface area (Å²) >= 11 is 0. The number of nitrogens with zero attached hydrogens (tertiary/aromatic N) is 2. The fourth-order valence-electron chi connectivity index (χ4n) is 0.968. The molecule has 74 valence electrons. The van der Waals surface area contributed by atoms with Gasteiger partial charge in [-0.15, -0.1) is 0 Å². The first-order chi connectivity index (χ1) is 6.54. The van der Waals surface area contributed by atoms with Gasteiger partial charge in [0.1, 0.15) is 5.69 Å². The summed E-state index contributed by atoms with van der Waals surface area (Å²) in [5.74, 6) is -1.56. The Morgan fingerprint density at radius 1 is 1.29 bits per heavy atom. The van der Waals surface area contributed by atoms with Crippen molar-refractivity contribution in [2.45, 2.75) is 0 Å². The maximum atomic E-state index is 13.2. The van der Waals surface area contributed by atoms with Crippen LogP contribution in [0.1, 0.15) is 5.56 Å². The zero-order valence-electron chi connectivity index (χ0n) is 7.81. The Kier molecular flexibility index (Phi) is 2.99. The van der Waals surface area contributed by atoms with E-state index >= 15 is 0 Å². The molecule has 0 radical (unpaired) electrons. The number of rotatable bonds is 2. The highest BCUT2D eigenvalue weighted by Gasteiger charge is 2.11. The minimum absolute atomic E-state index is 0.0377. The van der Waals surface area contributed by atoms with Crippen LogP contribution in [0, 0.1) is 23.0 Å². The lowest BCUT2D eigenvalue weighted by atomic mass is 10.2. The van der Waals surface area contributed by atoms with Gasteiger partial charge in [0.05, 0.1) is 11.6 Å². The molecular weight excluding hydrogens is 188 g/mol. The summed E-state index contributed by atoms with van der Waals surface area (Å²) in [4.78, 5) is 0. The minimum Gasteiger partial charge on any atom is -0.314 e. The number of nitrogens with one attached hydrogen (secondary N) is 1. The molecule has 0 atom stereocenters. The number of hydrogen-bond donors (Lipinski definition) is 1. The highest BCUT2D eigenvalue weighted by atomic mass is 19.1. The van der Waals surface area contributed by atoms with Crippen molar-refractivity contribution in [3.05, 3.63) is 29.3 Å². The van der Waals surface area contributed by atoms with Crippen LogP contribution in [-0.2, 0) is 0 Å². The Balaban J connectivity index is 3.13. The third kappa shape index (κ3) is 2.18. The van der Waals surface area contributed by atoms with Crippen molar-refractivity contribution < 1.29 is 8.78 Å². The molecule has 0 amide bonds. The molecule has 0 aliphatic carbocycles. The van der Waals surface area contributed by atoms with Gasteiger partial charge in [-0.05, 0) is 12.1 Å². The van der Waals surface area contributed by atoms with Gasteiger partial charge < -0.3 is 5.43 Å². The molecule has 3 nitrogen and oxygen atoms in total. The van der Waals surface area contributed by atoms with Crippen LogP contribution in [0.2, 0.25) is 0 Å². The van der Waals surface area contributed by atoms with Crippen molar-refractivity contribution in [2.75, 3.05) is 19.5 Å². The summed E-state index contributed by atoms with van der Waals surface area (Å²) in [6.07, 6.45) is 0. The van der Waals surface area contributed by atoms with Crippen LogP contribution < -0.4 is 5.43 Å². The number of nitriles is 1. The average Bonchev–Trinajstić information content (AvgIpc) is 2.10. The molecule has 5 heteroatoms. The molecule has 0 aliphatic heterocycles. The van der Waals surface area contributed by atoms with Gasteiger partial charge in [0.15, 0.2) is 11.6 Å². The van der Waals surface area contributed by atoms with Crippen LogP contribution in [0.25, 0.3) is 0 Å². The fraction of sp³-hybridized carbons (Fsp3) is 0.222. The van der Waals surface area contributed by atoms with E-state index in [1.165, 1.54) is 5.01 Å². The van der Waals surface area contributed by atoms with Crippen molar-refractivity contribution in [3.63, 3.8) is 0 Å². The smallest absolute Gasteiger partial charge is 0.151 e. The molecule has 0 aromatic heterocycles. The first-order valence-electron chi connectivity index (χ1n) is 3.87. The van der Waals surface area contributed by atoms with Gasteiger partial charge in [-0.2, -0.15) is 5.26 Å². The van der Waals surface area contributed by atoms with E-state index in [-0.39, 0.29) is 11.3 Å². The highest BCUT2D eigenvalue weighted by molar-refractivity contribution is 5.49. The Morgan fingerprint density at radius 3 is 2.14 bits per heavy atom. The third-order valence-corrected chi connectivity index (χ3v) is 1.51. The molecular formula is C9H9F2N3. The molecule has 0 spiro atoms. The van der Waals surface area contributed by atoms with Gasteiger partial charge in [0, 0.05) is 14.1 Å². The van der Waals surface area contributed by atoms with Crippen molar-refractivity contribution in [1.82, 2.24) is 5.01 Å². The molecule has 0 heterocycles. The van der Waals surface area contributed by atoms with Crippen LogP contribution in [0.15, 0.2) is 12.1 Å². The van der Waals surface area contributed by atoms with Gasteiger partial charge >= 0.3 is 0 Å². The molecule has 0 unspecified atom stereocenters. The van der Waals surface area contributed by atoms with Gasteiger partial charge in [-0.3, -0.25) is 0 Å². The van der Waals surface area contributed by atoms with E-state index in [0.29, 0.717) is 0 Å². The topological polar surface area (TPSA) is 39.1 Å². The first kappa shape index (κ1) is 10.4. The normalized spacial score (nSPS) is 10.0. The molecule has 14 heavy (non-hydrogen) atoms. The molecule has 0 saturated heterocycles. The number of hydrazine groups is 1. The second-order valence-electron chi connectivity index (χ2n) is 2.93. The third-order valence-electron chi connectivity index (χ3n) is 1.51. The molecule has 0 bridgehead atoms. The predicted molar refractivity (Wildman–Crippen MR) is 48.4 cm³/mol. The lowest BCUT2D eigenvalue weighted by Gasteiger charge is -2.14. The summed E-state index contributed by atoms with van der Waals surface area (Å²) < 4.78 is 26.4. The lowest BCUT2D eigenvalue weighted by molar-refractivity contribution is 0.476. The summed E-state index contributed by atoms with van der Waals surface area (Å²) in [6.45, 7) is 0. The molecule has 0 aliphatic rings. The molecule has 0 fully saturated rings. The van der Waals surface area contributed by atoms with Crippen molar-refractivity contribution >= 4 is 5.69 Å². The van der Waals surface area contributed by atoms with E-state index < -0.39 is 11.6 Å². The Labute approximate surface area is 80.5 Å². The molecule has 1 aromatic rings. The van der Waals surface area contributed by atoms with Crippen LogP contribution in [0.4, 0.5) is 14.5 Å². The van der Waals surface area contributed by atoms with Crippen LogP contribution in [0.3, 0.4) is 0 Å². The summed E-state index contributed by atoms with van der Waals surface area (Å²) in [5.41, 5.74) is 2.17. The van der Waals surface area contributed by atoms with E-state index in [1.54, 1.807) is 20.2 Å². The average molecular weight is 197 g/mol. The Morgan fingerprint density at radius 2 is 1.79 bits per heavy atom. The number of benzene rings is 1. The lowest BCUT2D eigenvalue weighted by Crippen LogP contribution is -2.21. The van der Waals surface area contributed by atoms with Crippen LogP contribution >= 0.6 is 0 Å². The Bertz CT molecular complexity index is 359. The van der Waals surface area contributed by atoms with Gasteiger partial charge in [0.2, 0.25) is 0 Å². The molecule has 1 rings (SSSR count). The molecule has 0 saturated carbocycles. The maximum Gasteiger partial charge on any atom is 0.151 e. The number of hydrogen-bond acceptors (Lipinski definition) is 3. The molecule has 1 aromatic carbocycles. The van der Waals surface area contributed by atoms with Crippen molar-refractivity contribution in [3.8, 4) is 6.07 Å². The van der Waals surface area contributed by atoms with Gasteiger partial charge in [-0.1, -0.05) is 0 Å². The van der Waals surface area contributed by atoms with Gasteiger partial charge in [-0.25, -0.2) is 13.8 Å². The van der Waals surface area contributed by atoms with Crippen LogP contribution in [-0.4, -0.2) is 19.1 Å². The van der Waals surface area contributed by atoms with Crippen LogP contribution in [0.5, 0.6) is 0 Å².